The SMILES string of the molecule is COc1ccc([C@@H](CCCN(C)S(=O)(=O)c2cccs2)N2Cc3c(cccc3N3CCCCC3)C2=O)cc1C. The Labute approximate surface area is 236 Å². The molecular weight excluding hydrogens is 530 g/mol. The van der Waals surface area contributed by atoms with Crippen molar-refractivity contribution in [1.29, 1.82) is 0 Å². The second kappa shape index (κ2) is 11.7. The number of hydrogen-bond acceptors (Lipinski definition) is 6. The van der Waals surface area contributed by atoms with E-state index in [1.807, 2.05) is 36.1 Å². The number of carbonyl (C=O) groups excluding carboxylic acids is 1. The zero-order chi connectivity index (χ0) is 27.6. The van der Waals surface area contributed by atoms with Gasteiger partial charge in [0.2, 0.25) is 0 Å². The van der Waals surface area contributed by atoms with Crippen LogP contribution in [0.15, 0.2) is 58.1 Å². The zero-order valence-electron chi connectivity index (χ0n) is 22.9. The molecule has 0 radical (unpaired) electrons. The molecule has 5 rings (SSSR count). The molecule has 9 heteroatoms. The largest absolute Gasteiger partial charge is 0.496 e. The minimum Gasteiger partial charge on any atom is -0.496 e. The number of fused-ring (bicyclic) bond motifs is 1. The van der Waals surface area contributed by atoms with Gasteiger partial charge in [0.25, 0.3) is 15.9 Å². The van der Waals surface area contributed by atoms with Crippen molar-refractivity contribution in [1.82, 2.24) is 9.21 Å². The van der Waals surface area contributed by atoms with E-state index in [-0.39, 0.29) is 11.9 Å². The monoisotopic (exact) mass is 567 g/mol. The van der Waals surface area contributed by atoms with Crippen molar-refractivity contribution in [2.45, 2.75) is 55.8 Å². The predicted molar refractivity (Wildman–Crippen MR) is 156 cm³/mol. The third-order valence-electron chi connectivity index (χ3n) is 7.96. The molecule has 1 atom stereocenters. The fraction of sp³-hybridized carbons (Fsp3) is 0.433. The van der Waals surface area contributed by atoms with Gasteiger partial charge in [-0.15, -0.1) is 11.3 Å². The second-order valence-corrected chi connectivity index (χ2v) is 13.6. The molecule has 39 heavy (non-hydrogen) atoms. The zero-order valence-corrected chi connectivity index (χ0v) is 24.6. The molecule has 1 amide bonds. The summed E-state index contributed by atoms with van der Waals surface area (Å²) in [6.07, 6.45) is 4.88. The van der Waals surface area contributed by atoms with Crippen molar-refractivity contribution >= 4 is 33.0 Å². The fourth-order valence-electron chi connectivity index (χ4n) is 5.82. The van der Waals surface area contributed by atoms with Gasteiger partial charge in [-0.1, -0.05) is 24.3 Å². The smallest absolute Gasteiger partial charge is 0.255 e. The molecule has 208 valence electrons. The summed E-state index contributed by atoms with van der Waals surface area (Å²) in [4.78, 5) is 18.2. The van der Waals surface area contributed by atoms with E-state index in [2.05, 4.69) is 17.0 Å². The van der Waals surface area contributed by atoms with Crippen molar-refractivity contribution in [3.63, 3.8) is 0 Å². The van der Waals surface area contributed by atoms with E-state index in [0.717, 1.165) is 41.1 Å². The number of piperidine rings is 1. The van der Waals surface area contributed by atoms with E-state index >= 15 is 0 Å². The van der Waals surface area contributed by atoms with E-state index in [4.69, 9.17) is 4.74 Å². The van der Waals surface area contributed by atoms with E-state index < -0.39 is 10.0 Å². The number of sulfonamides is 1. The lowest BCUT2D eigenvalue weighted by molar-refractivity contribution is 0.0688. The molecule has 0 aliphatic carbocycles. The molecule has 2 aliphatic heterocycles. The van der Waals surface area contributed by atoms with Crippen LogP contribution in [0.1, 0.15) is 65.2 Å². The molecule has 1 saturated heterocycles. The lowest BCUT2D eigenvalue weighted by Crippen LogP contribution is -2.32. The number of nitrogens with zero attached hydrogens (tertiary/aromatic N) is 3. The Morgan fingerprint density at radius 2 is 1.87 bits per heavy atom. The first kappa shape index (κ1) is 27.7. The first-order valence-electron chi connectivity index (χ1n) is 13.6. The number of carbonyl (C=O) groups is 1. The van der Waals surface area contributed by atoms with Crippen LogP contribution in [0.4, 0.5) is 5.69 Å². The van der Waals surface area contributed by atoms with Crippen molar-refractivity contribution < 1.29 is 17.9 Å². The predicted octanol–water partition coefficient (Wildman–Crippen LogP) is 5.85. The first-order chi connectivity index (χ1) is 18.8. The Morgan fingerprint density at radius 1 is 1.08 bits per heavy atom. The standard InChI is InChI=1S/C30H37N3O4S2/c1-22-20-23(14-15-28(22)37-3)26(12-8-16-31(2)39(35,36)29-13-9-19-38-29)33-21-25-24(30(33)34)10-7-11-27(25)32-17-5-4-6-18-32/h7,9-11,13-15,19-20,26H,4-6,8,12,16-18,21H2,1-3H3/t26-/m1/s1. The molecule has 0 bridgehead atoms. The van der Waals surface area contributed by atoms with Crippen LogP contribution in [-0.2, 0) is 16.6 Å². The molecule has 3 aromatic rings. The van der Waals surface area contributed by atoms with Crippen LogP contribution in [0.2, 0.25) is 0 Å². The van der Waals surface area contributed by atoms with Crippen molar-refractivity contribution in [2.24, 2.45) is 0 Å². The Bertz CT molecular complexity index is 1420. The molecule has 2 aromatic carbocycles. The van der Waals surface area contributed by atoms with Gasteiger partial charge < -0.3 is 14.5 Å². The number of rotatable bonds is 10. The first-order valence-corrected chi connectivity index (χ1v) is 16.0. The molecule has 7 nitrogen and oxygen atoms in total. The van der Waals surface area contributed by atoms with Crippen LogP contribution in [-0.4, -0.2) is 57.3 Å². The summed E-state index contributed by atoms with van der Waals surface area (Å²) in [6, 6.07) is 15.4. The summed E-state index contributed by atoms with van der Waals surface area (Å²) in [5, 5.41) is 1.78. The average Bonchev–Trinajstić information content (AvgIpc) is 3.61. The highest BCUT2D eigenvalue weighted by Gasteiger charge is 2.36. The summed E-state index contributed by atoms with van der Waals surface area (Å²) >= 11 is 1.23. The Kier molecular flexibility index (Phi) is 8.30. The summed E-state index contributed by atoms with van der Waals surface area (Å²) in [7, 11) is -0.229. The topological polar surface area (TPSA) is 70.2 Å². The number of thiophene rings is 1. The van der Waals surface area contributed by atoms with Crippen LogP contribution in [0.5, 0.6) is 5.75 Å². The third-order valence-corrected chi connectivity index (χ3v) is 11.2. The van der Waals surface area contributed by atoms with Crippen LogP contribution >= 0.6 is 11.3 Å². The van der Waals surface area contributed by atoms with E-state index in [1.54, 1.807) is 31.7 Å². The normalized spacial score (nSPS) is 16.6. The third kappa shape index (κ3) is 5.58. The number of anilines is 1. The number of aryl methyl sites for hydroxylation is 1. The highest BCUT2D eigenvalue weighted by Crippen LogP contribution is 2.39. The maximum Gasteiger partial charge on any atom is 0.255 e. The summed E-state index contributed by atoms with van der Waals surface area (Å²) in [5.74, 6) is 0.851. The quantitative estimate of drug-likeness (QED) is 0.307. The molecular formula is C30H37N3O4S2. The summed E-state index contributed by atoms with van der Waals surface area (Å²) in [5.41, 5.74) is 5.12. The summed E-state index contributed by atoms with van der Waals surface area (Å²) in [6.45, 7) is 4.99. The van der Waals surface area contributed by atoms with Gasteiger partial charge in [-0.2, -0.15) is 0 Å². The molecule has 3 heterocycles. The number of ether oxygens (including phenoxy) is 1. The second-order valence-electron chi connectivity index (χ2n) is 10.4. The fourth-order valence-corrected chi connectivity index (χ4v) is 8.23. The van der Waals surface area contributed by atoms with Gasteiger partial charge in [-0.3, -0.25) is 4.79 Å². The molecule has 1 aromatic heterocycles. The van der Waals surface area contributed by atoms with Gasteiger partial charge >= 0.3 is 0 Å². The van der Waals surface area contributed by atoms with Gasteiger partial charge in [0, 0.05) is 50.0 Å². The highest BCUT2D eigenvalue weighted by molar-refractivity contribution is 7.91. The Hall–Kier alpha value is -2.88. The molecule has 0 N–H and O–H groups in total. The number of hydrogen-bond donors (Lipinski definition) is 0. The Balaban J connectivity index is 1.40. The van der Waals surface area contributed by atoms with Crippen LogP contribution in [0, 0.1) is 6.92 Å². The van der Waals surface area contributed by atoms with Gasteiger partial charge in [-0.25, -0.2) is 12.7 Å². The van der Waals surface area contributed by atoms with E-state index in [1.165, 1.54) is 40.6 Å². The van der Waals surface area contributed by atoms with E-state index in [0.29, 0.717) is 30.1 Å². The molecule has 2 aliphatic rings. The minimum absolute atomic E-state index is 0.0434. The maximum atomic E-state index is 13.8. The van der Waals surface area contributed by atoms with Crippen LogP contribution < -0.4 is 9.64 Å². The van der Waals surface area contributed by atoms with E-state index in [9.17, 15) is 13.2 Å². The van der Waals surface area contributed by atoms with Crippen molar-refractivity contribution in [3.8, 4) is 5.75 Å². The van der Waals surface area contributed by atoms with Crippen molar-refractivity contribution in [3.05, 3.63) is 76.2 Å². The van der Waals surface area contributed by atoms with Crippen molar-refractivity contribution in [2.75, 3.05) is 38.7 Å². The molecule has 0 unspecified atom stereocenters. The van der Waals surface area contributed by atoms with Gasteiger partial charge in [-0.05, 0) is 79.8 Å². The average molecular weight is 568 g/mol. The summed E-state index contributed by atoms with van der Waals surface area (Å²) < 4.78 is 33.2. The molecule has 0 saturated carbocycles. The lowest BCUT2D eigenvalue weighted by atomic mass is 9.98. The lowest BCUT2D eigenvalue weighted by Gasteiger charge is -2.31. The molecule has 0 spiro atoms. The number of benzene rings is 2. The van der Waals surface area contributed by atoms with Crippen LogP contribution in [0.25, 0.3) is 0 Å². The van der Waals surface area contributed by atoms with Gasteiger partial charge in [0.15, 0.2) is 0 Å². The maximum absolute atomic E-state index is 13.8. The highest BCUT2D eigenvalue weighted by atomic mass is 32.2. The van der Waals surface area contributed by atoms with Gasteiger partial charge in [0.05, 0.1) is 13.2 Å². The Morgan fingerprint density at radius 3 is 2.56 bits per heavy atom. The number of methoxy groups -OCH3 is 1. The minimum atomic E-state index is -3.52. The number of amides is 1. The van der Waals surface area contributed by atoms with Gasteiger partial charge in [0.1, 0.15) is 9.96 Å². The molecule has 1 fully saturated rings. The van der Waals surface area contributed by atoms with Crippen LogP contribution in [0.3, 0.4) is 0 Å².